The van der Waals surface area contributed by atoms with Crippen molar-refractivity contribution in [3.8, 4) is 0 Å². The number of rotatable bonds is 3. The molecule has 2 fully saturated rings. The Labute approximate surface area is 119 Å². The predicted molar refractivity (Wildman–Crippen MR) is 74.8 cm³/mol. The Kier molecular flexibility index (Phi) is 3.83. The topological polar surface area (TPSA) is 83.6 Å². The van der Waals surface area contributed by atoms with Crippen molar-refractivity contribution in [2.45, 2.75) is 45.2 Å². The van der Waals surface area contributed by atoms with Gasteiger partial charge in [0.05, 0.1) is 11.5 Å². The standard InChI is InChI=1S/C13H22N2O4S/c1-4-10-11(16)14-13(2,3)12(17)15(10)7-9-5-6-20(18,19)8-9/h9-10H,4-8H2,1-3H3,(H,14,16). The van der Waals surface area contributed by atoms with Gasteiger partial charge in [-0.3, -0.25) is 9.59 Å². The van der Waals surface area contributed by atoms with Crippen molar-refractivity contribution < 1.29 is 18.0 Å². The number of nitrogens with zero attached hydrogens (tertiary/aromatic N) is 1. The first-order valence-corrected chi connectivity index (χ1v) is 8.82. The fourth-order valence-corrected chi connectivity index (χ4v) is 4.85. The molecule has 6 nitrogen and oxygen atoms in total. The Morgan fingerprint density at radius 2 is 2.00 bits per heavy atom. The fourth-order valence-electron chi connectivity index (χ4n) is 3.00. The minimum Gasteiger partial charge on any atom is -0.340 e. The van der Waals surface area contributed by atoms with Crippen LogP contribution in [0.5, 0.6) is 0 Å². The molecule has 2 aliphatic heterocycles. The van der Waals surface area contributed by atoms with Crippen LogP contribution >= 0.6 is 0 Å². The SMILES string of the molecule is CCC1C(=O)NC(C)(C)C(=O)N1CC1CCS(=O)(=O)C1. The van der Waals surface area contributed by atoms with E-state index in [1.165, 1.54) is 0 Å². The number of hydrogen-bond donors (Lipinski definition) is 1. The van der Waals surface area contributed by atoms with Gasteiger partial charge in [0, 0.05) is 6.54 Å². The van der Waals surface area contributed by atoms with Gasteiger partial charge in [-0.25, -0.2) is 8.42 Å². The Morgan fingerprint density at radius 3 is 2.50 bits per heavy atom. The Balaban J connectivity index is 2.18. The van der Waals surface area contributed by atoms with Crippen LogP contribution in [0, 0.1) is 5.92 Å². The van der Waals surface area contributed by atoms with Gasteiger partial charge in [-0.15, -0.1) is 0 Å². The highest BCUT2D eigenvalue weighted by Crippen LogP contribution is 2.25. The lowest BCUT2D eigenvalue weighted by Gasteiger charge is -2.43. The third-order valence-corrected chi connectivity index (χ3v) is 5.92. The van der Waals surface area contributed by atoms with Crippen LogP contribution < -0.4 is 5.32 Å². The molecule has 2 rings (SSSR count). The molecule has 0 aliphatic carbocycles. The molecule has 2 heterocycles. The van der Waals surface area contributed by atoms with Crippen LogP contribution in [0.2, 0.25) is 0 Å². The van der Waals surface area contributed by atoms with Gasteiger partial charge in [-0.2, -0.15) is 0 Å². The Hall–Kier alpha value is -1.11. The monoisotopic (exact) mass is 302 g/mol. The molecule has 0 bridgehead atoms. The number of sulfone groups is 1. The number of carbonyl (C=O) groups is 2. The average molecular weight is 302 g/mol. The third kappa shape index (κ3) is 2.82. The summed E-state index contributed by atoms with van der Waals surface area (Å²) in [4.78, 5) is 26.1. The maximum Gasteiger partial charge on any atom is 0.248 e. The van der Waals surface area contributed by atoms with Gasteiger partial charge in [0.25, 0.3) is 0 Å². The quantitative estimate of drug-likeness (QED) is 0.791. The summed E-state index contributed by atoms with van der Waals surface area (Å²) in [5.41, 5.74) is -0.916. The summed E-state index contributed by atoms with van der Waals surface area (Å²) < 4.78 is 23.0. The van der Waals surface area contributed by atoms with E-state index in [1.807, 2.05) is 6.92 Å². The molecular weight excluding hydrogens is 280 g/mol. The van der Waals surface area contributed by atoms with Gasteiger partial charge in [0.2, 0.25) is 11.8 Å². The van der Waals surface area contributed by atoms with Crippen LogP contribution in [0.4, 0.5) is 0 Å². The van der Waals surface area contributed by atoms with Crippen LogP contribution in [0.15, 0.2) is 0 Å². The minimum atomic E-state index is -2.97. The van der Waals surface area contributed by atoms with Crippen LogP contribution in [0.25, 0.3) is 0 Å². The van der Waals surface area contributed by atoms with E-state index in [-0.39, 0.29) is 29.2 Å². The number of piperazine rings is 1. The van der Waals surface area contributed by atoms with Gasteiger partial charge in [-0.05, 0) is 32.6 Å². The molecule has 0 radical (unpaired) electrons. The molecule has 20 heavy (non-hydrogen) atoms. The van der Waals surface area contributed by atoms with Crippen molar-refractivity contribution in [2.24, 2.45) is 5.92 Å². The van der Waals surface area contributed by atoms with E-state index in [1.54, 1.807) is 18.7 Å². The van der Waals surface area contributed by atoms with E-state index in [9.17, 15) is 18.0 Å². The molecule has 0 aromatic rings. The van der Waals surface area contributed by atoms with Crippen molar-refractivity contribution in [1.82, 2.24) is 10.2 Å². The molecule has 2 saturated heterocycles. The first-order chi connectivity index (χ1) is 9.16. The van der Waals surface area contributed by atoms with Crippen molar-refractivity contribution in [1.29, 1.82) is 0 Å². The van der Waals surface area contributed by atoms with Crippen LogP contribution in [-0.2, 0) is 19.4 Å². The number of nitrogens with one attached hydrogen (secondary N) is 1. The summed E-state index contributed by atoms with van der Waals surface area (Å²) in [7, 11) is -2.97. The average Bonchev–Trinajstić information content (AvgIpc) is 2.65. The Morgan fingerprint density at radius 1 is 1.35 bits per heavy atom. The lowest BCUT2D eigenvalue weighted by atomic mass is 9.94. The van der Waals surface area contributed by atoms with Crippen LogP contribution in [0.3, 0.4) is 0 Å². The molecule has 7 heteroatoms. The third-order valence-electron chi connectivity index (χ3n) is 4.08. The van der Waals surface area contributed by atoms with Gasteiger partial charge < -0.3 is 10.2 Å². The second kappa shape index (κ2) is 5.02. The highest BCUT2D eigenvalue weighted by molar-refractivity contribution is 7.91. The van der Waals surface area contributed by atoms with Gasteiger partial charge in [0.1, 0.15) is 11.6 Å². The molecular formula is C13H22N2O4S. The number of carbonyl (C=O) groups excluding carboxylic acids is 2. The lowest BCUT2D eigenvalue weighted by molar-refractivity contribution is -0.154. The molecule has 2 unspecified atom stereocenters. The number of hydrogen-bond acceptors (Lipinski definition) is 4. The minimum absolute atomic E-state index is 0.0558. The number of amides is 2. The molecule has 1 N–H and O–H groups in total. The van der Waals surface area contributed by atoms with Gasteiger partial charge in [0.15, 0.2) is 9.84 Å². The maximum atomic E-state index is 12.5. The zero-order chi connectivity index (χ0) is 15.1. The predicted octanol–water partition coefficient (Wildman–Crippen LogP) is -0.0633. The zero-order valence-electron chi connectivity index (χ0n) is 12.2. The van der Waals surface area contributed by atoms with E-state index in [2.05, 4.69) is 5.32 Å². The highest BCUT2D eigenvalue weighted by Gasteiger charge is 2.45. The summed E-state index contributed by atoms with van der Waals surface area (Å²) >= 11 is 0. The van der Waals surface area contributed by atoms with Gasteiger partial charge in [-0.1, -0.05) is 6.92 Å². The van der Waals surface area contributed by atoms with E-state index < -0.39 is 21.4 Å². The summed E-state index contributed by atoms with van der Waals surface area (Å²) in [5, 5.41) is 2.73. The first kappa shape index (κ1) is 15.3. The van der Waals surface area contributed by atoms with Crippen molar-refractivity contribution >= 4 is 21.7 Å². The molecule has 0 aromatic heterocycles. The van der Waals surface area contributed by atoms with Gasteiger partial charge >= 0.3 is 0 Å². The summed E-state index contributed by atoms with van der Waals surface area (Å²) in [5.74, 6) is -0.0349. The first-order valence-electron chi connectivity index (χ1n) is 7.00. The molecule has 0 saturated carbocycles. The second-order valence-electron chi connectivity index (χ2n) is 6.26. The molecule has 114 valence electrons. The second-order valence-corrected chi connectivity index (χ2v) is 8.49. The van der Waals surface area contributed by atoms with Crippen molar-refractivity contribution in [3.63, 3.8) is 0 Å². The van der Waals surface area contributed by atoms with Crippen molar-refractivity contribution in [2.75, 3.05) is 18.1 Å². The molecule has 2 atom stereocenters. The summed E-state index contributed by atoms with van der Waals surface area (Å²) in [6.45, 7) is 5.57. The molecule has 0 aromatic carbocycles. The maximum absolute atomic E-state index is 12.5. The molecule has 2 aliphatic rings. The Bertz CT molecular complexity index is 526. The molecule has 0 spiro atoms. The van der Waals surface area contributed by atoms with E-state index >= 15 is 0 Å². The zero-order valence-corrected chi connectivity index (χ0v) is 13.0. The largest absolute Gasteiger partial charge is 0.340 e. The fraction of sp³-hybridized carbons (Fsp3) is 0.846. The molecule has 2 amide bonds. The van der Waals surface area contributed by atoms with E-state index in [0.29, 0.717) is 19.4 Å². The summed E-state index contributed by atoms with van der Waals surface area (Å²) in [6.07, 6.45) is 1.11. The normalized spacial score (nSPS) is 32.2. The lowest BCUT2D eigenvalue weighted by Crippen LogP contribution is -2.68. The highest BCUT2D eigenvalue weighted by atomic mass is 32.2. The smallest absolute Gasteiger partial charge is 0.248 e. The van der Waals surface area contributed by atoms with Crippen molar-refractivity contribution in [3.05, 3.63) is 0 Å². The van der Waals surface area contributed by atoms with E-state index in [4.69, 9.17) is 0 Å². The van der Waals surface area contributed by atoms with Crippen LogP contribution in [-0.4, -0.2) is 54.8 Å². The van der Waals surface area contributed by atoms with E-state index in [0.717, 1.165) is 0 Å². The van der Waals surface area contributed by atoms with Crippen LogP contribution in [0.1, 0.15) is 33.6 Å². The summed E-state index contributed by atoms with van der Waals surface area (Å²) in [6, 6.07) is -0.487.